The Balaban J connectivity index is 2.15. The fourth-order valence-electron chi connectivity index (χ4n) is 1.75. The molecule has 0 bridgehead atoms. The second-order valence-corrected chi connectivity index (χ2v) is 3.40. The van der Waals surface area contributed by atoms with E-state index in [4.69, 9.17) is 4.74 Å². The summed E-state index contributed by atoms with van der Waals surface area (Å²) in [5, 5.41) is 0. The number of hydrogen-bond donors (Lipinski definition) is 0. The van der Waals surface area contributed by atoms with Gasteiger partial charge >= 0.3 is 0 Å². The first-order chi connectivity index (χ1) is 6.92. The molecule has 0 aliphatic carbocycles. The first-order valence-electron chi connectivity index (χ1n) is 5.02. The van der Waals surface area contributed by atoms with Gasteiger partial charge in [-0.2, -0.15) is 0 Å². The van der Waals surface area contributed by atoms with Crippen LogP contribution in [0.2, 0.25) is 0 Å². The van der Waals surface area contributed by atoms with Crippen LogP contribution >= 0.6 is 0 Å². The van der Waals surface area contributed by atoms with Crippen molar-refractivity contribution in [3.8, 4) is 0 Å². The average molecular weight is 193 g/mol. The number of rotatable bonds is 2. The van der Waals surface area contributed by atoms with Gasteiger partial charge < -0.3 is 9.64 Å². The van der Waals surface area contributed by atoms with E-state index in [1.54, 1.807) is 12.5 Å². The predicted molar refractivity (Wildman–Crippen MR) is 54.3 cm³/mol. The van der Waals surface area contributed by atoms with E-state index in [0.29, 0.717) is 6.04 Å². The van der Waals surface area contributed by atoms with Crippen molar-refractivity contribution in [2.75, 3.05) is 24.7 Å². The molecule has 1 atom stereocenters. The Morgan fingerprint density at radius 1 is 1.64 bits per heavy atom. The molecule has 1 saturated heterocycles. The van der Waals surface area contributed by atoms with E-state index in [-0.39, 0.29) is 0 Å². The molecule has 1 aliphatic rings. The fraction of sp³-hybridized carbons (Fsp3) is 0.600. The van der Waals surface area contributed by atoms with E-state index in [2.05, 4.69) is 21.8 Å². The number of aromatic nitrogens is 2. The quantitative estimate of drug-likeness (QED) is 0.704. The molecule has 1 aliphatic heterocycles. The molecule has 2 rings (SSSR count). The van der Waals surface area contributed by atoms with Crippen LogP contribution in [-0.2, 0) is 4.74 Å². The molecule has 1 aromatic rings. The molecule has 1 unspecified atom stereocenters. The molecule has 0 radical (unpaired) electrons. The minimum absolute atomic E-state index is 0.457. The van der Waals surface area contributed by atoms with Gasteiger partial charge in [0, 0.05) is 12.7 Å². The summed E-state index contributed by atoms with van der Waals surface area (Å²) in [5.74, 6) is 1.01. The minimum atomic E-state index is 0.457. The highest BCUT2D eigenvalue weighted by atomic mass is 16.5. The molecular weight excluding hydrogens is 178 g/mol. The lowest BCUT2D eigenvalue weighted by atomic mass is 10.2. The van der Waals surface area contributed by atoms with Crippen LogP contribution in [0, 0.1) is 0 Å². The molecule has 4 nitrogen and oxygen atoms in total. The molecule has 1 aromatic heterocycles. The highest BCUT2D eigenvalue weighted by Gasteiger charge is 2.22. The summed E-state index contributed by atoms with van der Waals surface area (Å²) >= 11 is 0. The maximum Gasteiger partial charge on any atom is 0.132 e. The summed E-state index contributed by atoms with van der Waals surface area (Å²) in [6.07, 6.45) is 4.46. The zero-order valence-corrected chi connectivity index (χ0v) is 8.39. The topological polar surface area (TPSA) is 38.2 Å². The largest absolute Gasteiger partial charge is 0.377 e. The Kier molecular flexibility index (Phi) is 2.93. The van der Waals surface area contributed by atoms with Crippen molar-refractivity contribution in [3.63, 3.8) is 0 Å². The summed E-state index contributed by atoms with van der Waals surface area (Å²) in [4.78, 5) is 10.5. The van der Waals surface area contributed by atoms with Crippen molar-refractivity contribution in [2.45, 2.75) is 19.4 Å². The molecule has 1 fully saturated rings. The molecule has 0 N–H and O–H groups in total. The minimum Gasteiger partial charge on any atom is -0.377 e. The standard InChI is InChI=1S/C10H15N3O/c1-2-9-7-14-6-5-13(9)10-3-4-11-8-12-10/h3-4,8-9H,2,5-7H2,1H3. The van der Waals surface area contributed by atoms with Crippen LogP contribution in [0.3, 0.4) is 0 Å². The van der Waals surface area contributed by atoms with Crippen LogP contribution < -0.4 is 4.90 Å². The van der Waals surface area contributed by atoms with Gasteiger partial charge in [0.2, 0.25) is 0 Å². The maximum absolute atomic E-state index is 5.44. The molecule has 0 aromatic carbocycles. The number of hydrogen-bond acceptors (Lipinski definition) is 4. The van der Waals surface area contributed by atoms with E-state index in [1.165, 1.54) is 0 Å². The van der Waals surface area contributed by atoms with Crippen LogP contribution in [0.5, 0.6) is 0 Å². The van der Waals surface area contributed by atoms with E-state index >= 15 is 0 Å². The summed E-state index contributed by atoms with van der Waals surface area (Å²) in [6.45, 7) is 4.70. The van der Waals surface area contributed by atoms with Gasteiger partial charge in [-0.1, -0.05) is 6.92 Å². The summed E-state index contributed by atoms with van der Waals surface area (Å²) in [5.41, 5.74) is 0. The van der Waals surface area contributed by atoms with Crippen LogP contribution in [0.1, 0.15) is 13.3 Å². The molecular formula is C10H15N3O. The summed E-state index contributed by atoms with van der Waals surface area (Å²) in [6, 6.07) is 2.41. The number of nitrogens with zero attached hydrogens (tertiary/aromatic N) is 3. The summed E-state index contributed by atoms with van der Waals surface area (Å²) < 4.78 is 5.44. The monoisotopic (exact) mass is 193 g/mol. The maximum atomic E-state index is 5.44. The molecule has 14 heavy (non-hydrogen) atoms. The van der Waals surface area contributed by atoms with E-state index in [9.17, 15) is 0 Å². The lowest BCUT2D eigenvalue weighted by molar-refractivity contribution is 0.0925. The van der Waals surface area contributed by atoms with Gasteiger partial charge in [0.15, 0.2) is 0 Å². The Bertz CT molecular complexity index is 278. The van der Waals surface area contributed by atoms with Crippen molar-refractivity contribution in [1.29, 1.82) is 0 Å². The summed E-state index contributed by atoms with van der Waals surface area (Å²) in [7, 11) is 0. The Morgan fingerprint density at radius 3 is 3.29 bits per heavy atom. The lowest BCUT2D eigenvalue weighted by Gasteiger charge is -2.35. The van der Waals surface area contributed by atoms with Gasteiger partial charge in [-0.05, 0) is 12.5 Å². The third-order valence-corrected chi connectivity index (χ3v) is 2.56. The normalized spacial score (nSPS) is 22.4. The SMILES string of the molecule is CCC1COCCN1c1ccncn1. The van der Waals surface area contributed by atoms with Crippen LogP contribution in [0.4, 0.5) is 5.82 Å². The number of anilines is 1. The smallest absolute Gasteiger partial charge is 0.132 e. The third kappa shape index (κ3) is 1.85. The molecule has 4 heteroatoms. The van der Waals surface area contributed by atoms with Crippen LogP contribution in [0.25, 0.3) is 0 Å². The van der Waals surface area contributed by atoms with E-state index in [0.717, 1.165) is 32.0 Å². The first kappa shape index (κ1) is 9.40. The Labute approximate surface area is 83.9 Å². The predicted octanol–water partition coefficient (Wildman–Crippen LogP) is 1.09. The van der Waals surface area contributed by atoms with Gasteiger partial charge in [0.05, 0.1) is 19.3 Å². The molecule has 0 spiro atoms. The highest BCUT2D eigenvalue weighted by molar-refractivity contribution is 5.38. The van der Waals surface area contributed by atoms with Gasteiger partial charge in [-0.3, -0.25) is 0 Å². The van der Waals surface area contributed by atoms with Gasteiger partial charge in [-0.25, -0.2) is 9.97 Å². The molecule has 0 saturated carbocycles. The zero-order chi connectivity index (χ0) is 9.80. The van der Waals surface area contributed by atoms with Crippen LogP contribution in [-0.4, -0.2) is 35.8 Å². The molecule has 2 heterocycles. The van der Waals surface area contributed by atoms with Crippen LogP contribution in [0.15, 0.2) is 18.6 Å². The fourth-order valence-corrected chi connectivity index (χ4v) is 1.75. The van der Waals surface area contributed by atoms with Gasteiger partial charge in [-0.15, -0.1) is 0 Å². The number of morpholine rings is 1. The van der Waals surface area contributed by atoms with Crippen molar-refractivity contribution in [1.82, 2.24) is 9.97 Å². The van der Waals surface area contributed by atoms with E-state index in [1.807, 2.05) is 6.07 Å². The Hall–Kier alpha value is -1.16. The Morgan fingerprint density at radius 2 is 2.57 bits per heavy atom. The van der Waals surface area contributed by atoms with E-state index < -0.39 is 0 Å². The van der Waals surface area contributed by atoms with Crippen molar-refractivity contribution >= 4 is 5.82 Å². The third-order valence-electron chi connectivity index (χ3n) is 2.56. The van der Waals surface area contributed by atoms with Crippen molar-refractivity contribution < 1.29 is 4.74 Å². The molecule has 76 valence electrons. The second kappa shape index (κ2) is 4.37. The number of ether oxygens (including phenoxy) is 1. The van der Waals surface area contributed by atoms with Gasteiger partial charge in [0.25, 0.3) is 0 Å². The highest BCUT2D eigenvalue weighted by Crippen LogP contribution is 2.17. The van der Waals surface area contributed by atoms with Crippen molar-refractivity contribution in [3.05, 3.63) is 18.6 Å². The average Bonchev–Trinajstić information content (AvgIpc) is 2.30. The van der Waals surface area contributed by atoms with Crippen molar-refractivity contribution in [2.24, 2.45) is 0 Å². The van der Waals surface area contributed by atoms with Gasteiger partial charge in [0.1, 0.15) is 12.1 Å². The second-order valence-electron chi connectivity index (χ2n) is 3.40. The lowest BCUT2D eigenvalue weighted by Crippen LogP contribution is -2.45. The zero-order valence-electron chi connectivity index (χ0n) is 8.39. The first-order valence-corrected chi connectivity index (χ1v) is 5.02. The molecule has 0 amide bonds.